The number of carbonyl (C=O) groups excluding carboxylic acids is 2. The molecule has 0 heterocycles. The zero-order valence-corrected chi connectivity index (χ0v) is 22.9. The Balaban J connectivity index is 1.73. The molecule has 5 nitrogen and oxygen atoms in total. The number of aliphatic hydroxyl groups is 3. The summed E-state index contributed by atoms with van der Waals surface area (Å²) in [5.74, 6) is -0.0922. The van der Waals surface area contributed by atoms with Crippen molar-refractivity contribution in [3.05, 3.63) is 23.8 Å². The van der Waals surface area contributed by atoms with Crippen LogP contribution < -0.4 is 0 Å². The van der Waals surface area contributed by atoms with E-state index >= 15 is 0 Å². The van der Waals surface area contributed by atoms with Crippen LogP contribution in [0.5, 0.6) is 0 Å². The summed E-state index contributed by atoms with van der Waals surface area (Å²) in [5, 5.41) is 33.1. The molecule has 0 amide bonds. The van der Waals surface area contributed by atoms with Crippen LogP contribution in [0.3, 0.4) is 0 Å². The Bertz CT molecular complexity index is 981. The van der Waals surface area contributed by atoms with Gasteiger partial charge in [-0.05, 0) is 101 Å². The van der Waals surface area contributed by atoms with Crippen LogP contribution >= 0.6 is 0 Å². The predicted molar refractivity (Wildman–Crippen MR) is 136 cm³/mol. The number of fused-ring (bicyclic) bond motifs is 5. The highest BCUT2D eigenvalue weighted by Crippen LogP contribution is 2.75. The number of Topliss-reactive ketones (excluding diaryl/α,β-unsaturated/α-hetero) is 1. The largest absolute Gasteiger partial charge is 0.393 e. The number of hydrogen-bond acceptors (Lipinski definition) is 5. The van der Waals surface area contributed by atoms with E-state index in [2.05, 4.69) is 40.7 Å². The van der Waals surface area contributed by atoms with Crippen LogP contribution in [0.25, 0.3) is 0 Å². The summed E-state index contributed by atoms with van der Waals surface area (Å²) in [6.07, 6.45) is 8.88. The van der Waals surface area contributed by atoms with E-state index in [1.807, 2.05) is 0 Å². The van der Waals surface area contributed by atoms with E-state index in [0.717, 1.165) is 25.7 Å². The van der Waals surface area contributed by atoms with E-state index in [1.165, 1.54) is 24.6 Å². The third-order valence-corrected chi connectivity index (χ3v) is 11.3. The second-order valence-corrected chi connectivity index (χ2v) is 14.2. The van der Waals surface area contributed by atoms with Gasteiger partial charge in [-0.3, -0.25) is 9.59 Å². The van der Waals surface area contributed by atoms with Gasteiger partial charge in [0.05, 0.1) is 11.7 Å². The van der Waals surface area contributed by atoms with Gasteiger partial charge in [0.2, 0.25) is 0 Å². The van der Waals surface area contributed by atoms with Gasteiger partial charge < -0.3 is 15.3 Å². The molecular formula is C30H46O5. The molecule has 0 aliphatic heterocycles. The Hall–Kier alpha value is -1.30. The Kier molecular flexibility index (Phi) is 6.00. The Morgan fingerprint density at radius 3 is 2.29 bits per heavy atom. The Labute approximate surface area is 211 Å². The minimum absolute atomic E-state index is 0.0155. The molecule has 0 radical (unpaired) electrons. The van der Waals surface area contributed by atoms with Crippen LogP contribution in [0.4, 0.5) is 0 Å². The number of allylic oxidation sites excluding steroid dienone is 2. The summed E-state index contributed by atoms with van der Waals surface area (Å²) in [6, 6.07) is 0. The lowest BCUT2D eigenvalue weighted by atomic mass is 9.39. The number of rotatable bonds is 4. The third-order valence-electron chi connectivity index (χ3n) is 11.3. The fourth-order valence-electron chi connectivity index (χ4n) is 9.19. The second-order valence-electron chi connectivity index (χ2n) is 14.2. The first-order valence-electron chi connectivity index (χ1n) is 13.4. The van der Waals surface area contributed by atoms with Gasteiger partial charge in [-0.25, -0.2) is 0 Å². The van der Waals surface area contributed by atoms with Crippen molar-refractivity contribution in [2.45, 2.75) is 111 Å². The average molecular weight is 487 g/mol. The minimum atomic E-state index is -1.74. The number of hydrogen-bond donors (Lipinski definition) is 3. The molecule has 0 spiro atoms. The van der Waals surface area contributed by atoms with Crippen molar-refractivity contribution >= 4 is 11.6 Å². The van der Waals surface area contributed by atoms with Crippen molar-refractivity contribution < 1.29 is 24.9 Å². The summed E-state index contributed by atoms with van der Waals surface area (Å²) >= 11 is 0. The van der Waals surface area contributed by atoms with Gasteiger partial charge in [0.25, 0.3) is 0 Å². The average Bonchev–Trinajstić information content (AvgIpc) is 2.94. The molecule has 0 unspecified atom stereocenters. The molecule has 0 aromatic rings. The van der Waals surface area contributed by atoms with E-state index in [1.54, 1.807) is 13.8 Å². The molecule has 196 valence electrons. The van der Waals surface area contributed by atoms with E-state index in [0.29, 0.717) is 30.5 Å². The van der Waals surface area contributed by atoms with Crippen LogP contribution in [0.2, 0.25) is 0 Å². The van der Waals surface area contributed by atoms with Gasteiger partial charge in [0, 0.05) is 17.8 Å². The molecule has 0 aromatic heterocycles. The van der Waals surface area contributed by atoms with Crippen LogP contribution in [0, 0.1) is 39.4 Å². The second kappa shape index (κ2) is 7.85. The highest BCUT2D eigenvalue weighted by Gasteiger charge is 2.72. The normalized spacial score (nSPS) is 44.8. The maximum Gasteiger partial charge on any atom is 0.187 e. The summed E-state index contributed by atoms with van der Waals surface area (Å²) < 4.78 is 0. The number of aliphatic hydroxyl groups excluding tert-OH is 1. The lowest BCUT2D eigenvalue weighted by molar-refractivity contribution is -0.173. The lowest BCUT2D eigenvalue weighted by Gasteiger charge is -2.65. The smallest absolute Gasteiger partial charge is 0.187 e. The molecular weight excluding hydrogens is 440 g/mol. The fourth-order valence-corrected chi connectivity index (χ4v) is 9.19. The SMILES string of the molecule is CC(C)(O)/C=C/C(=O)[C@](C)(O)[C@H]1[C@H](O)C[C@@]2(C)[C@@H]3CC=C4[C@H](CCC(=O)C4(C)C)[C@]3(C)CC[C@]12C. The molecule has 8 atom stereocenters. The number of carbonyl (C=O) groups is 2. The highest BCUT2D eigenvalue weighted by atomic mass is 16.3. The van der Waals surface area contributed by atoms with E-state index in [9.17, 15) is 24.9 Å². The first-order chi connectivity index (χ1) is 15.8. The summed E-state index contributed by atoms with van der Waals surface area (Å²) in [7, 11) is 0. The minimum Gasteiger partial charge on any atom is -0.393 e. The van der Waals surface area contributed by atoms with Crippen LogP contribution in [0.1, 0.15) is 93.9 Å². The molecule has 0 bridgehead atoms. The zero-order chi connectivity index (χ0) is 26.4. The van der Waals surface area contributed by atoms with Crippen molar-refractivity contribution in [3.8, 4) is 0 Å². The van der Waals surface area contributed by atoms with Crippen molar-refractivity contribution in [1.82, 2.24) is 0 Å². The molecule has 0 aromatic carbocycles. The standard InChI is InChI=1S/C30H46O5/c1-25(2,34)14-13-23(33)30(8,35)24-20(31)17-29(7)21-11-9-18-19(10-12-22(32)26(18,3)4)27(21,5)15-16-28(24,29)6/h9,13-14,19-21,24,31,34-35H,10-12,15-17H2,1-8H3/b14-13+/t19-,20+,21+,24-,27-,28+,29-,30-/m0/s1. The molecule has 35 heavy (non-hydrogen) atoms. The summed E-state index contributed by atoms with van der Waals surface area (Å²) in [5.41, 5.74) is -2.69. The first kappa shape index (κ1) is 26.8. The quantitative estimate of drug-likeness (QED) is 0.393. The van der Waals surface area contributed by atoms with Crippen LogP contribution in [0.15, 0.2) is 23.8 Å². The topological polar surface area (TPSA) is 94.8 Å². The van der Waals surface area contributed by atoms with Crippen LogP contribution in [-0.2, 0) is 9.59 Å². The van der Waals surface area contributed by atoms with Crippen molar-refractivity contribution in [2.75, 3.05) is 0 Å². The summed E-state index contributed by atoms with van der Waals surface area (Å²) in [4.78, 5) is 26.0. The monoisotopic (exact) mass is 486 g/mol. The predicted octanol–water partition coefficient (Wildman–Crippen LogP) is 4.78. The molecule has 4 rings (SSSR count). The van der Waals surface area contributed by atoms with E-state index in [4.69, 9.17) is 0 Å². The van der Waals surface area contributed by atoms with Gasteiger partial charge in [-0.15, -0.1) is 0 Å². The zero-order valence-electron chi connectivity index (χ0n) is 22.9. The van der Waals surface area contributed by atoms with Crippen molar-refractivity contribution in [1.29, 1.82) is 0 Å². The number of ketones is 2. The molecule has 3 fully saturated rings. The fraction of sp³-hybridized carbons (Fsp3) is 0.800. The first-order valence-corrected chi connectivity index (χ1v) is 13.4. The third kappa shape index (κ3) is 3.67. The van der Waals surface area contributed by atoms with E-state index < -0.39 is 39.8 Å². The molecule has 4 aliphatic rings. The molecule has 0 saturated heterocycles. The van der Waals surface area contributed by atoms with Gasteiger partial charge in [-0.1, -0.05) is 38.5 Å². The van der Waals surface area contributed by atoms with Gasteiger partial charge in [-0.2, -0.15) is 0 Å². The van der Waals surface area contributed by atoms with Crippen molar-refractivity contribution in [3.63, 3.8) is 0 Å². The maximum absolute atomic E-state index is 13.2. The molecule has 3 saturated carbocycles. The van der Waals surface area contributed by atoms with Crippen molar-refractivity contribution in [2.24, 2.45) is 39.4 Å². The summed E-state index contributed by atoms with van der Waals surface area (Å²) in [6.45, 7) is 15.7. The molecule has 5 heteroatoms. The van der Waals surface area contributed by atoms with Crippen LogP contribution in [-0.4, -0.2) is 44.2 Å². The Morgan fingerprint density at radius 1 is 1.06 bits per heavy atom. The Morgan fingerprint density at radius 2 is 1.69 bits per heavy atom. The maximum atomic E-state index is 13.2. The molecule has 4 aliphatic carbocycles. The lowest BCUT2D eigenvalue weighted by Crippen LogP contribution is -2.61. The molecule has 3 N–H and O–H groups in total. The van der Waals surface area contributed by atoms with Gasteiger partial charge in [0.15, 0.2) is 5.78 Å². The van der Waals surface area contributed by atoms with Gasteiger partial charge in [0.1, 0.15) is 11.4 Å². The highest BCUT2D eigenvalue weighted by molar-refractivity contribution is 5.97. The van der Waals surface area contributed by atoms with E-state index in [-0.39, 0.29) is 10.8 Å². The van der Waals surface area contributed by atoms with Gasteiger partial charge >= 0.3 is 0 Å².